The van der Waals surface area contributed by atoms with Crippen molar-refractivity contribution in [2.75, 3.05) is 13.1 Å². The molecule has 0 saturated carbocycles. The summed E-state index contributed by atoms with van der Waals surface area (Å²) in [5.41, 5.74) is 13.2. The zero-order chi connectivity index (χ0) is 13.0. The van der Waals surface area contributed by atoms with E-state index in [0.717, 1.165) is 30.9 Å². The van der Waals surface area contributed by atoms with Gasteiger partial charge in [0, 0.05) is 6.54 Å². The van der Waals surface area contributed by atoms with Crippen LogP contribution in [0.2, 0.25) is 0 Å². The number of ether oxygens (including phenoxy) is 1. The first kappa shape index (κ1) is 22.6. The Morgan fingerprint density at radius 3 is 2.67 bits per heavy atom. The molecule has 1 aliphatic heterocycles. The fraction of sp³-hybridized carbons (Fsp3) is 0.462. The van der Waals surface area contributed by atoms with Crippen LogP contribution in [-0.2, 0) is 6.54 Å². The first-order valence-electron chi connectivity index (χ1n) is 6.25. The molecule has 1 aromatic carbocycles. The van der Waals surface area contributed by atoms with E-state index in [9.17, 15) is 0 Å². The van der Waals surface area contributed by atoms with Crippen molar-refractivity contribution in [1.82, 2.24) is 5.32 Å². The molecule has 0 amide bonds. The van der Waals surface area contributed by atoms with Crippen molar-refractivity contribution in [3.8, 4) is 5.75 Å². The molecule has 0 aromatic heterocycles. The van der Waals surface area contributed by atoms with Gasteiger partial charge in [0.15, 0.2) is 6.10 Å². The minimum atomic E-state index is -0.147. The van der Waals surface area contributed by atoms with Crippen LogP contribution in [0.25, 0.3) is 0 Å². The average molecular weight is 358 g/mol. The van der Waals surface area contributed by atoms with Crippen LogP contribution in [0.15, 0.2) is 23.2 Å². The third kappa shape index (κ3) is 6.28. The normalized spacial score (nSPS) is 15.3. The number of amidine groups is 1. The van der Waals surface area contributed by atoms with E-state index in [0.29, 0.717) is 12.4 Å². The Morgan fingerprint density at radius 1 is 1.29 bits per heavy atom. The van der Waals surface area contributed by atoms with E-state index in [4.69, 9.17) is 16.2 Å². The second-order valence-corrected chi connectivity index (χ2v) is 4.42. The topological polar surface area (TPSA) is 85.7 Å². The van der Waals surface area contributed by atoms with Crippen LogP contribution < -0.4 is 21.5 Å². The summed E-state index contributed by atoms with van der Waals surface area (Å²) >= 11 is 0. The van der Waals surface area contributed by atoms with Crippen molar-refractivity contribution >= 4 is 48.7 Å². The smallest absolute Gasteiger partial charge is 0.153 e. The van der Waals surface area contributed by atoms with Crippen molar-refractivity contribution in [3.05, 3.63) is 23.8 Å². The predicted molar refractivity (Wildman–Crippen MR) is 94.9 cm³/mol. The number of benzene rings is 1. The molecule has 5 nitrogen and oxygen atoms in total. The second kappa shape index (κ2) is 10.9. The van der Waals surface area contributed by atoms with Crippen molar-refractivity contribution in [1.29, 1.82) is 0 Å². The molecular weight excluding hydrogens is 335 g/mol. The van der Waals surface area contributed by atoms with Crippen LogP contribution in [0.1, 0.15) is 18.9 Å². The third-order valence-corrected chi connectivity index (χ3v) is 2.88. The number of halogens is 3. The van der Waals surface area contributed by atoms with Crippen molar-refractivity contribution < 1.29 is 4.74 Å². The monoisotopic (exact) mass is 356 g/mol. The molecule has 0 aliphatic carbocycles. The highest BCUT2D eigenvalue weighted by atomic mass is 35.5. The summed E-state index contributed by atoms with van der Waals surface area (Å²) in [7, 11) is 0. The highest BCUT2D eigenvalue weighted by molar-refractivity contribution is 5.89. The van der Waals surface area contributed by atoms with Gasteiger partial charge >= 0.3 is 0 Å². The molecule has 1 heterocycles. The summed E-state index contributed by atoms with van der Waals surface area (Å²) in [6, 6.07) is 5.99. The predicted octanol–water partition coefficient (Wildman–Crippen LogP) is 2.16. The van der Waals surface area contributed by atoms with Crippen LogP contribution >= 0.6 is 37.2 Å². The van der Waals surface area contributed by atoms with Gasteiger partial charge in [-0.15, -0.1) is 37.2 Å². The molecule has 122 valence electrons. The van der Waals surface area contributed by atoms with Crippen molar-refractivity contribution in [2.24, 2.45) is 16.5 Å². The lowest BCUT2D eigenvalue weighted by Gasteiger charge is -2.21. The minimum Gasteiger partial charge on any atom is -0.481 e. The van der Waals surface area contributed by atoms with Gasteiger partial charge in [0.05, 0.1) is 0 Å². The fourth-order valence-corrected chi connectivity index (χ4v) is 1.80. The van der Waals surface area contributed by atoms with Crippen molar-refractivity contribution in [2.45, 2.75) is 26.0 Å². The molecule has 21 heavy (non-hydrogen) atoms. The summed E-state index contributed by atoms with van der Waals surface area (Å²) in [6.45, 7) is 4.33. The summed E-state index contributed by atoms with van der Waals surface area (Å²) in [4.78, 5) is 4.35. The van der Waals surface area contributed by atoms with Gasteiger partial charge in [-0.2, -0.15) is 0 Å². The minimum absolute atomic E-state index is 0. The SMILES string of the molecule is CC1Oc2ccc(CNCCCN)cc2N=C1N.Cl.Cl.Cl. The lowest BCUT2D eigenvalue weighted by Crippen LogP contribution is -2.33. The molecule has 0 bridgehead atoms. The molecule has 0 spiro atoms. The molecule has 5 N–H and O–H groups in total. The highest BCUT2D eigenvalue weighted by Crippen LogP contribution is 2.32. The number of hydrogen-bond donors (Lipinski definition) is 3. The lowest BCUT2D eigenvalue weighted by atomic mass is 10.1. The Hall–Kier alpha value is -0.720. The van der Waals surface area contributed by atoms with Gasteiger partial charge in [0.25, 0.3) is 0 Å². The highest BCUT2D eigenvalue weighted by Gasteiger charge is 2.17. The Balaban J connectivity index is 0. The summed E-state index contributed by atoms with van der Waals surface area (Å²) in [5.74, 6) is 1.32. The van der Waals surface area contributed by atoms with E-state index in [2.05, 4.69) is 10.3 Å². The van der Waals surface area contributed by atoms with Gasteiger partial charge in [0.2, 0.25) is 0 Å². The molecule has 1 unspecified atom stereocenters. The van der Waals surface area contributed by atoms with Gasteiger partial charge in [0.1, 0.15) is 17.3 Å². The largest absolute Gasteiger partial charge is 0.481 e. The number of rotatable bonds is 5. The Morgan fingerprint density at radius 2 is 2.00 bits per heavy atom. The second-order valence-electron chi connectivity index (χ2n) is 4.42. The molecule has 1 atom stereocenters. The lowest BCUT2D eigenvalue weighted by molar-refractivity contribution is 0.281. The van der Waals surface area contributed by atoms with E-state index in [-0.39, 0.29) is 43.3 Å². The summed E-state index contributed by atoms with van der Waals surface area (Å²) in [6.07, 6.45) is 0.836. The van der Waals surface area contributed by atoms with E-state index >= 15 is 0 Å². The van der Waals surface area contributed by atoms with Gasteiger partial charge < -0.3 is 21.5 Å². The van der Waals surface area contributed by atoms with Crippen LogP contribution in [0.5, 0.6) is 5.75 Å². The van der Waals surface area contributed by atoms with Crippen LogP contribution in [0, 0.1) is 0 Å². The average Bonchev–Trinajstić information content (AvgIpc) is 2.36. The Kier molecular flexibility index (Phi) is 11.7. The Labute approximate surface area is 144 Å². The maximum atomic E-state index is 5.78. The molecule has 1 aliphatic rings. The molecule has 0 radical (unpaired) electrons. The van der Waals surface area contributed by atoms with Crippen LogP contribution in [-0.4, -0.2) is 25.0 Å². The van der Waals surface area contributed by atoms with Crippen LogP contribution in [0.4, 0.5) is 5.69 Å². The van der Waals surface area contributed by atoms with E-state index in [1.807, 2.05) is 25.1 Å². The number of nitrogens with one attached hydrogen (secondary N) is 1. The quantitative estimate of drug-likeness (QED) is 0.705. The number of aliphatic imine (C=N–C) groups is 1. The van der Waals surface area contributed by atoms with Gasteiger partial charge in [-0.1, -0.05) is 6.07 Å². The number of nitrogens with two attached hydrogens (primary N) is 2. The molecule has 0 saturated heterocycles. The Bertz CT molecular complexity index is 457. The summed E-state index contributed by atoms with van der Waals surface area (Å²) in [5, 5.41) is 3.33. The van der Waals surface area contributed by atoms with Gasteiger partial charge in [-0.3, -0.25) is 0 Å². The van der Waals surface area contributed by atoms with Gasteiger partial charge in [-0.05, 0) is 44.1 Å². The molecule has 1 aromatic rings. The third-order valence-electron chi connectivity index (χ3n) is 2.88. The first-order valence-corrected chi connectivity index (χ1v) is 6.25. The van der Waals surface area contributed by atoms with E-state index in [1.54, 1.807) is 0 Å². The van der Waals surface area contributed by atoms with Crippen molar-refractivity contribution in [3.63, 3.8) is 0 Å². The molecule has 0 fully saturated rings. The molecule has 2 rings (SSSR count). The van der Waals surface area contributed by atoms with Gasteiger partial charge in [-0.25, -0.2) is 4.99 Å². The fourth-order valence-electron chi connectivity index (χ4n) is 1.80. The molecular formula is C13H23Cl3N4O. The van der Waals surface area contributed by atoms with Crippen LogP contribution in [0.3, 0.4) is 0 Å². The maximum absolute atomic E-state index is 5.78. The maximum Gasteiger partial charge on any atom is 0.153 e. The number of hydrogen-bond acceptors (Lipinski definition) is 5. The number of nitrogens with zero attached hydrogens (tertiary/aromatic N) is 1. The zero-order valence-corrected chi connectivity index (χ0v) is 14.3. The summed E-state index contributed by atoms with van der Waals surface area (Å²) < 4.78 is 5.65. The number of fused-ring (bicyclic) bond motifs is 1. The molecule has 8 heteroatoms. The van der Waals surface area contributed by atoms with E-state index < -0.39 is 0 Å². The van der Waals surface area contributed by atoms with E-state index in [1.165, 1.54) is 5.56 Å². The standard InChI is InChI=1S/C13H20N4O.3ClH/c1-9-13(15)17-11-7-10(3-4-12(11)18-9)8-16-6-2-5-14;;;/h3-4,7,9,16H,2,5-6,8,14H2,1H3,(H2,15,17);3*1H. The first-order chi connectivity index (χ1) is 8.70. The zero-order valence-electron chi connectivity index (χ0n) is 11.9.